The van der Waals surface area contributed by atoms with Crippen LogP contribution in [-0.4, -0.2) is 45.3 Å². The van der Waals surface area contributed by atoms with Crippen LogP contribution in [0, 0.1) is 5.41 Å². The lowest BCUT2D eigenvalue weighted by Crippen LogP contribution is -2.33. The van der Waals surface area contributed by atoms with Crippen molar-refractivity contribution in [3.63, 3.8) is 0 Å². The standard InChI is InChI=1S/C31H31N5O5/c1-18(19-9-7-6-8-10-19)35-40-16-25-33-29-28-26(20-11-12-22(38-4)23(13-20)39-5)27-21(37)14-31(2,3)15-24(27)41-30(28)32-17-36(29)34-25/h6-13,17,26H,14-16H2,1-5H3/b35-18+. The normalized spacial score (nSPS) is 18.0. The predicted octanol–water partition coefficient (Wildman–Crippen LogP) is 5.25. The molecule has 210 valence electrons. The van der Waals surface area contributed by atoms with Gasteiger partial charge in [0.15, 0.2) is 35.4 Å². The first-order valence-electron chi connectivity index (χ1n) is 13.4. The van der Waals surface area contributed by atoms with E-state index >= 15 is 0 Å². The van der Waals surface area contributed by atoms with Crippen molar-refractivity contribution in [2.75, 3.05) is 14.2 Å². The molecule has 0 amide bonds. The van der Waals surface area contributed by atoms with E-state index in [1.54, 1.807) is 25.1 Å². The van der Waals surface area contributed by atoms with E-state index in [2.05, 4.69) is 29.1 Å². The molecule has 0 bridgehead atoms. The topological polar surface area (TPSA) is 109 Å². The lowest BCUT2D eigenvalue weighted by molar-refractivity contribution is -0.118. The molecule has 1 aliphatic heterocycles. The summed E-state index contributed by atoms with van der Waals surface area (Å²) >= 11 is 0. The third kappa shape index (κ3) is 4.90. The highest BCUT2D eigenvalue weighted by molar-refractivity contribution is 6.00. The number of rotatable bonds is 7. The molecule has 0 radical (unpaired) electrons. The highest BCUT2D eigenvalue weighted by atomic mass is 16.6. The molecule has 0 fully saturated rings. The Labute approximate surface area is 237 Å². The van der Waals surface area contributed by atoms with Gasteiger partial charge in [-0.05, 0) is 35.6 Å². The molecule has 0 saturated heterocycles. The second kappa shape index (κ2) is 10.3. The minimum atomic E-state index is -0.482. The summed E-state index contributed by atoms with van der Waals surface area (Å²) in [6.07, 6.45) is 2.60. The molecule has 2 aliphatic rings. The summed E-state index contributed by atoms with van der Waals surface area (Å²) in [6, 6.07) is 15.4. The molecule has 0 saturated carbocycles. The van der Waals surface area contributed by atoms with Crippen LogP contribution in [0.4, 0.5) is 0 Å². The van der Waals surface area contributed by atoms with Gasteiger partial charge in [0, 0.05) is 18.4 Å². The van der Waals surface area contributed by atoms with Crippen LogP contribution in [0.5, 0.6) is 17.4 Å². The molecule has 41 heavy (non-hydrogen) atoms. The smallest absolute Gasteiger partial charge is 0.228 e. The summed E-state index contributed by atoms with van der Waals surface area (Å²) in [5.41, 5.74) is 4.13. The van der Waals surface area contributed by atoms with Crippen LogP contribution in [0.2, 0.25) is 0 Å². The SMILES string of the molecule is COc1ccc(C2C3=C(CC(C)(C)CC3=O)Oc3ncn4nc(CO/N=C(\C)c5ccccc5)nc4c32)cc1OC. The van der Waals surface area contributed by atoms with E-state index in [1.807, 2.05) is 55.5 Å². The minimum Gasteiger partial charge on any atom is -0.493 e. The third-order valence-corrected chi connectivity index (χ3v) is 7.43. The zero-order valence-corrected chi connectivity index (χ0v) is 23.7. The molecule has 1 aliphatic carbocycles. The van der Waals surface area contributed by atoms with Gasteiger partial charge in [-0.2, -0.15) is 0 Å². The number of hydrogen-bond acceptors (Lipinski definition) is 9. The van der Waals surface area contributed by atoms with E-state index in [4.69, 9.17) is 24.0 Å². The van der Waals surface area contributed by atoms with Gasteiger partial charge in [0.1, 0.15) is 12.1 Å². The van der Waals surface area contributed by atoms with Crippen LogP contribution in [0.1, 0.15) is 62.0 Å². The molecule has 0 spiro atoms. The predicted molar refractivity (Wildman–Crippen MR) is 151 cm³/mol. The van der Waals surface area contributed by atoms with Crippen LogP contribution in [0.25, 0.3) is 5.65 Å². The van der Waals surface area contributed by atoms with Gasteiger partial charge in [-0.15, -0.1) is 5.10 Å². The van der Waals surface area contributed by atoms with E-state index in [0.29, 0.717) is 58.6 Å². The number of methoxy groups -OCH3 is 2. The number of ether oxygens (including phenoxy) is 3. The molecule has 0 N–H and O–H groups in total. The molecule has 2 aromatic heterocycles. The highest BCUT2D eigenvalue weighted by Gasteiger charge is 2.44. The van der Waals surface area contributed by atoms with Crippen LogP contribution >= 0.6 is 0 Å². The highest BCUT2D eigenvalue weighted by Crippen LogP contribution is 2.51. The number of fused-ring (bicyclic) bond motifs is 3. The number of carbonyl (C=O) groups excluding carboxylic acids is 1. The maximum absolute atomic E-state index is 13.7. The van der Waals surface area contributed by atoms with E-state index in [-0.39, 0.29) is 17.8 Å². The first kappa shape index (κ1) is 26.5. The summed E-state index contributed by atoms with van der Waals surface area (Å²) < 4.78 is 19.0. The van der Waals surface area contributed by atoms with E-state index in [9.17, 15) is 4.79 Å². The van der Waals surface area contributed by atoms with E-state index < -0.39 is 5.92 Å². The average molecular weight is 554 g/mol. The molecular formula is C31H31N5O5. The minimum absolute atomic E-state index is 0.0393. The molecule has 6 rings (SSSR count). The van der Waals surface area contributed by atoms with Crippen LogP contribution in [-0.2, 0) is 16.2 Å². The Morgan fingerprint density at radius 3 is 2.63 bits per heavy atom. The first-order chi connectivity index (χ1) is 19.8. The number of benzene rings is 2. The second-order valence-corrected chi connectivity index (χ2v) is 11.0. The average Bonchev–Trinajstić information content (AvgIpc) is 3.38. The maximum atomic E-state index is 13.7. The Balaban J connectivity index is 1.43. The number of ketones is 1. The lowest BCUT2D eigenvalue weighted by atomic mass is 9.70. The second-order valence-electron chi connectivity index (χ2n) is 11.0. The van der Waals surface area contributed by atoms with Crippen LogP contribution in [0.3, 0.4) is 0 Å². The zero-order chi connectivity index (χ0) is 28.7. The maximum Gasteiger partial charge on any atom is 0.228 e. The summed E-state index contributed by atoms with van der Waals surface area (Å²) in [6.45, 7) is 6.08. The molecule has 10 nitrogen and oxygen atoms in total. The number of aromatic nitrogens is 4. The molecule has 2 aromatic carbocycles. The van der Waals surface area contributed by atoms with Gasteiger partial charge in [0.25, 0.3) is 0 Å². The van der Waals surface area contributed by atoms with Crippen LogP contribution < -0.4 is 14.2 Å². The number of hydrogen-bond donors (Lipinski definition) is 0. The van der Waals surface area contributed by atoms with E-state index in [1.165, 1.54) is 0 Å². The van der Waals surface area contributed by atoms with Crippen molar-refractivity contribution in [1.82, 2.24) is 19.6 Å². The molecule has 10 heteroatoms. The van der Waals surface area contributed by atoms with Gasteiger partial charge in [0.05, 0.1) is 31.4 Å². The van der Waals surface area contributed by atoms with Crippen LogP contribution in [0.15, 0.2) is 71.3 Å². The van der Waals surface area contributed by atoms with Crippen molar-refractivity contribution >= 4 is 17.1 Å². The summed E-state index contributed by atoms with van der Waals surface area (Å²) in [7, 11) is 3.18. The van der Waals surface area contributed by atoms with Gasteiger partial charge >= 0.3 is 0 Å². The van der Waals surface area contributed by atoms with Crippen molar-refractivity contribution in [2.24, 2.45) is 10.6 Å². The van der Waals surface area contributed by atoms with Crippen molar-refractivity contribution in [2.45, 2.75) is 46.1 Å². The molecule has 1 unspecified atom stereocenters. The fourth-order valence-electron chi connectivity index (χ4n) is 5.54. The number of carbonyl (C=O) groups is 1. The van der Waals surface area contributed by atoms with Gasteiger partial charge in [0.2, 0.25) is 5.88 Å². The van der Waals surface area contributed by atoms with Crippen molar-refractivity contribution in [3.05, 3.63) is 88.7 Å². The van der Waals surface area contributed by atoms with Gasteiger partial charge in [-0.25, -0.2) is 14.5 Å². The number of Topliss-reactive ketones (excluding diaryl/α,β-unsaturated/α-hetero) is 1. The fraction of sp³-hybridized carbons (Fsp3) is 0.323. The largest absolute Gasteiger partial charge is 0.493 e. The summed E-state index contributed by atoms with van der Waals surface area (Å²) in [5.74, 6) is 2.18. The Morgan fingerprint density at radius 1 is 1.10 bits per heavy atom. The Kier molecular flexibility index (Phi) is 6.69. The van der Waals surface area contributed by atoms with Crippen molar-refractivity contribution in [1.29, 1.82) is 0 Å². The summed E-state index contributed by atoms with van der Waals surface area (Å²) in [5, 5.41) is 8.81. The quantitative estimate of drug-likeness (QED) is 0.226. The number of allylic oxidation sites excluding steroid dienone is 2. The monoisotopic (exact) mass is 553 g/mol. The lowest BCUT2D eigenvalue weighted by Gasteiger charge is -2.37. The van der Waals surface area contributed by atoms with Crippen molar-refractivity contribution in [3.8, 4) is 17.4 Å². The fourth-order valence-corrected chi connectivity index (χ4v) is 5.54. The van der Waals surface area contributed by atoms with Gasteiger partial charge < -0.3 is 19.0 Å². The number of oxime groups is 1. The van der Waals surface area contributed by atoms with Gasteiger partial charge in [-0.1, -0.05) is 55.4 Å². The Morgan fingerprint density at radius 2 is 1.88 bits per heavy atom. The van der Waals surface area contributed by atoms with Gasteiger partial charge in [-0.3, -0.25) is 4.79 Å². The number of nitrogens with zero attached hydrogens (tertiary/aromatic N) is 5. The molecule has 1 atom stereocenters. The Hall–Kier alpha value is -4.73. The summed E-state index contributed by atoms with van der Waals surface area (Å²) in [4.78, 5) is 28.7. The molecule has 3 heterocycles. The first-order valence-corrected chi connectivity index (χ1v) is 13.4. The Bertz CT molecular complexity index is 1710. The third-order valence-electron chi connectivity index (χ3n) is 7.43. The van der Waals surface area contributed by atoms with E-state index in [0.717, 1.165) is 16.8 Å². The van der Waals surface area contributed by atoms with Crippen molar-refractivity contribution < 1.29 is 23.8 Å². The zero-order valence-electron chi connectivity index (χ0n) is 23.7. The molecule has 4 aromatic rings. The molecular weight excluding hydrogens is 522 g/mol.